The zero-order valence-electron chi connectivity index (χ0n) is 31.3. The number of thiophene rings is 1. The van der Waals surface area contributed by atoms with Gasteiger partial charge < -0.3 is 9.47 Å². The summed E-state index contributed by atoms with van der Waals surface area (Å²) in [7, 11) is 0. The molecule has 3 heteroatoms. The molecule has 0 radical (unpaired) electrons. The molecule has 2 nitrogen and oxygen atoms in total. The number of nitrogens with zero attached hydrogens (tertiary/aromatic N) is 2. The lowest BCUT2D eigenvalue weighted by Gasteiger charge is -2.28. The van der Waals surface area contributed by atoms with Crippen molar-refractivity contribution < 1.29 is 0 Å². The molecule has 11 rings (SSSR count). The Morgan fingerprint density at radius 3 is 1.77 bits per heavy atom. The number of hydrogen-bond acceptors (Lipinski definition) is 2. The molecule has 0 unspecified atom stereocenters. The Morgan fingerprint density at radius 1 is 0.446 bits per heavy atom. The zero-order valence-corrected chi connectivity index (χ0v) is 32.1. The van der Waals surface area contributed by atoms with Crippen molar-refractivity contribution >= 4 is 59.6 Å². The van der Waals surface area contributed by atoms with Crippen LogP contribution in [0.4, 0.5) is 17.1 Å². The van der Waals surface area contributed by atoms with E-state index < -0.39 is 0 Å². The van der Waals surface area contributed by atoms with Gasteiger partial charge in [-0.2, -0.15) is 0 Å². The quantitative estimate of drug-likeness (QED) is 0.165. The number of anilines is 3. The molecule has 0 spiro atoms. The molecule has 56 heavy (non-hydrogen) atoms. The highest BCUT2D eigenvalue weighted by molar-refractivity contribution is 7.26. The van der Waals surface area contributed by atoms with E-state index in [2.05, 4.69) is 217 Å². The Morgan fingerprint density at radius 2 is 1.02 bits per heavy atom. The van der Waals surface area contributed by atoms with Crippen molar-refractivity contribution in [3.8, 4) is 39.1 Å². The second-order valence-electron chi connectivity index (χ2n) is 15.4. The smallest absolute Gasteiger partial charge is 0.0727 e. The number of fused-ring (bicyclic) bond motifs is 8. The minimum absolute atomic E-state index is 0.0918. The van der Waals surface area contributed by atoms with Crippen molar-refractivity contribution in [1.29, 1.82) is 0 Å². The van der Waals surface area contributed by atoms with Crippen LogP contribution < -0.4 is 4.90 Å². The predicted molar refractivity (Wildman–Crippen MR) is 239 cm³/mol. The van der Waals surface area contributed by atoms with E-state index in [-0.39, 0.29) is 5.41 Å². The molecule has 1 aliphatic carbocycles. The second kappa shape index (κ2) is 12.7. The predicted octanol–water partition coefficient (Wildman–Crippen LogP) is 15.1. The highest BCUT2D eigenvalue weighted by Crippen LogP contribution is 2.51. The van der Waals surface area contributed by atoms with Gasteiger partial charge in [-0.1, -0.05) is 147 Å². The second-order valence-corrected chi connectivity index (χ2v) is 16.4. The number of benzene rings is 8. The molecular weight excluding hydrogens is 697 g/mol. The molecule has 2 heterocycles. The van der Waals surface area contributed by atoms with Gasteiger partial charge in [0.2, 0.25) is 0 Å². The van der Waals surface area contributed by atoms with Crippen LogP contribution in [-0.4, -0.2) is 4.57 Å². The number of rotatable bonds is 6. The largest absolute Gasteiger partial charge is 0.310 e. The van der Waals surface area contributed by atoms with E-state index in [1.165, 1.54) is 81.4 Å². The molecule has 266 valence electrons. The van der Waals surface area contributed by atoms with E-state index in [1.54, 1.807) is 0 Å². The highest BCUT2D eigenvalue weighted by Gasteiger charge is 2.35. The van der Waals surface area contributed by atoms with Crippen LogP contribution in [0.5, 0.6) is 0 Å². The number of aromatic nitrogens is 1. The zero-order chi connectivity index (χ0) is 37.4. The average Bonchev–Trinajstić information content (AvgIpc) is 3.86. The van der Waals surface area contributed by atoms with Gasteiger partial charge in [-0.15, -0.1) is 11.3 Å². The summed E-state index contributed by atoms with van der Waals surface area (Å²) in [4.78, 5) is 2.40. The molecule has 0 saturated carbocycles. The fraction of sp³-hybridized carbons (Fsp3) is 0.0566. The number of para-hydroxylation sites is 1. The van der Waals surface area contributed by atoms with Crippen molar-refractivity contribution in [1.82, 2.24) is 4.57 Å². The van der Waals surface area contributed by atoms with E-state index in [0.29, 0.717) is 0 Å². The third kappa shape index (κ3) is 5.08. The van der Waals surface area contributed by atoms with E-state index >= 15 is 0 Å². The lowest BCUT2D eigenvalue weighted by molar-refractivity contribution is 0.660. The maximum Gasteiger partial charge on any atom is 0.0727 e. The first-order valence-electron chi connectivity index (χ1n) is 19.3. The molecule has 0 fully saturated rings. The first-order valence-corrected chi connectivity index (χ1v) is 20.2. The summed E-state index contributed by atoms with van der Waals surface area (Å²) < 4.78 is 5.11. The van der Waals surface area contributed by atoms with E-state index in [9.17, 15) is 0 Å². The third-order valence-electron chi connectivity index (χ3n) is 11.8. The van der Waals surface area contributed by atoms with Gasteiger partial charge in [0.1, 0.15) is 0 Å². The molecule has 0 aliphatic heterocycles. The summed E-state index contributed by atoms with van der Waals surface area (Å²) in [5.74, 6) is 0. The topological polar surface area (TPSA) is 8.17 Å². The molecule has 0 saturated heterocycles. The van der Waals surface area contributed by atoms with Gasteiger partial charge in [-0.3, -0.25) is 0 Å². The van der Waals surface area contributed by atoms with Gasteiger partial charge in [0.15, 0.2) is 0 Å². The standard InChI is InChI=1S/C53H38N2S/c1-53(2)47-19-11-9-17-43(47)44-32-30-42(34-48(44)53)54(40-26-21-36(22-27-40)35-13-5-3-6-14-35)41-28-23-37(24-29-41)38-25-31-45-49(33-38)55(39-15-7-4-8-16-39)51-46-18-10-12-20-50(46)56-52(45)51/h3-34H,1-2H3. The molecule has 0 N–H and O–H groups in total. The fourth-order valence-electron chi connectivity index (χ4n) is 9.01. The first-order chi connectivity index (χ1) is 27.5. The van der Waals surface area contributed by atoms with Crippen molar-refractivity contribution in [2.45, 2.75) is 19.3 Å². The van der Waals surface area contributed by atoms with E-state index in [1.807, 2.05) is 11.3 Å². The van der Waals surface area contributed by atoms with Crippen LogP contribution in [0.2, 0.25) is 0 Å². The van der Waals surface area contributed by atoms with Gasteiger partial charge in [-0.25, -0.2) is 0 Å². The Kier molecular flexibility index (Phi) is 7.42. The Bertz CT molecular complexity index is 3080. The minimum atomic E-state index is -0.0918. The molecule has 0 amide bonds. The monoisotopic (exact) mass is 734 g/mol. The van der Waals surface area contributed by atoms with Crippen LogP contribution in [0.3, 0.4) is 0 Å². The van der Waals surface area contributed by atoms with Crippen molar-refractivity contribution in [3.05, 3.63) is 205 Å². The van der Waals surface area contributed by atoms with Crippen LogP contribution in [0.25, 0.3) is 70.3 Å². The van der Waals surface area contributed by atoms with Gasteiger partial charge >= 0.3 is 0 Å². The number of hydrogen-bond donors (Lipinski definition) is 0. The maximum atomic E-state index is 2.45. The first kappa shape index (κ1) is 32.7. The summed E-state index contributed by atoms with van der Waals surface area (Å²) in [5.41, 5.74) is 17.2. The van der Waals surface area contributed by atoms with Crippen molar-refractivity contribution in [3.63, 3.8) is 0 Å². The van der Waals surface area contributed by atoms with Crippen LogP contribution in [0.1, 0.15) is 25.0 Å². The van der Waals surface area contributed by atoms with E-state index in [0.717, 1.165) is 17.1 Å². The molecular formula is C53H38N2S. The molecule has 0 bridgehead atoms. The third-order valence-corrected chi connectivity index (χ3v) is 13.0. The lowest BCUT2D eigenvalue weighted by Crippen LogP contribution is -2.16. The van der Waals surface area contributed by atoms with Crippen molar-refractivity contribution in [2.75, 3.05) is 4.90 Å². The minimum Gasteiger partial charge on any atom is -0.310 e. The van der Waals surface area contributed by atoms with Gasteiger partial charge in [0.05, 0.1) is 15.7 Å². The highest BCUT2D eigenvalue weighted by atomic mass is 32.1. The fourth-order valence-corrected chi connectivity index (χ4v) is 10.2. The van der Waals surface area contributed by atoms with E-state index in [4.69, 9.17) is 0 Å². The Hall–Kier alpha value is -6.68. The summed E-state index contributed by atoms with van der Waals surface area (Å²) in [6, 6.07) is 71.2. The Balaban J connectivity index is 1.03. The van der Waals surface area contributed by atoms with Crippen LogP contribution in [0, 0.1) is 0 Å². The average molecular weight is 735 g/mol. The molecule has 10 aromatic rings. The summed E-state index contributed by atoms with van der Waals surface area (Å²) in [6.07, 6.45) is 0. The van der Waals surface area contributed by atoms with Crippen LogP contribution >= 0.6 is 11.3 Å². The summed E-state index contributed by atoms with van der Waals surface area (Å²) in [6.45, 7) is 4.71. The van der Waals surface area contributed by atoms with Crippen molar-refractivity contribution in [2.24, 2.45) is 0 Å². The SMILES string of the molecule is CC1(C)c2ccccc2-c2ccc(N(c3ccc(-c4ccccc4)cc3)c3ccc(-c4ccc5c6sc7ccccc7c6n(-c6ccccc6)c5c4)cc3)cc21. The summed E-state index contributed by atoms with van der Waals surface area (Å²) >= 11 is 1.89. The van der Waals surface area contributed by atoms with Gasteiger partial charge in [-0.05, 0) is 105 Å². The van der Waals surface area contributed by atoms with Crippen LogP contribution in [0.15, 0.2) is 194 Å². The normalized spacial score (nSPS) is 13.0. The van der Waals surface area contributed by atoms with Gasteiger partial charge in [0, 0.05) is 43.6 Å². The van der Waals surface area contributed by atoms with Crippen LogP contribution in [-0.2, 0) is 5.41 Å². The summed E-state index contributed by atoms with van der Waals surface area (Å²) in [5, 5.41) is 2.59. The maximum absolute atomic E-state index is 2.45. The molecule has 0 atom stereocenters. The molecule has 1 aliphatic rings. The molecule has 8 aromatic carbocycles. The van der Waals surface area contributed by atoms with Gasteiger partial charge in [0.25, 0.3) is 0 Å². The molecule has 2 aromatic heterocycles. The lowest BCUT2D eigenvalue weighted by atomic mass is 9.82. The Labute approximate surface area is 331 Å².